The second-order valence-electron chi connectivity index (χ2n) is 6.17. The van der Waals surface area contributed by atoms with Gasteiger partial charge in [0.15, 0.2) is 29.7 Å². The Bertz CT molecular complexity index is 1010. The predicted molar refractivity (Wildman–Crippen MR) is 92.1 cm³/mol. The van der Waals surface area contributed by atoms with Crippen molar-refractivity contribution in [2.45, 2.75) is 45.3 Å². The summed E-state index contributed by atoms with van der Waals surface area (Å²) in [4.78, 5) is 54.6. The van der Waals surface area contributed by atoms with Gasteiger partial charge in [-0.1, -0.05) is 0 Å². The first-order valence-corrected chi connectivity index (χ1v) is 8.44. The lowest BCUT2D eigenvalue weighted by Crippen LogP contribution is -2.41. The van der Waals surface area contributed by atoms with Crippen molar-refractivity contribution < 1.29 is 37.7 Å². The Morgan fingerprint density at radius 1 is 1.14 bits per heavy atom. The van der Waals surface area contributed by atoms with Gasteiger partial charge < -0.3 is 29.1 Å². The highest BCUT2D eigenvalue weighted by Crippen LogP contribution is 2.35. The molecule has 3 rings (SSSR count). The first-order valence-electron chi connectivity index (χ1n) is 8.44. The number of ether oxygens (including phenoxy) is 4. The van der Waals surface area contributed by atoms with E-state index in [4.69, 9.17) is 29.1 Å². The smallest absolute Gasteiger partial charge is 0.423 e. The van der Waals surface area contributed by atoms with Crippen LogP contribution >= 0.6 is 0 Å². The number of rotatable bonds is 5. The first kappa shape index (κ1) is 20.3. The molecule has 0 bridgehead atoms. The Morgan fingerprint density at radius 3 is 2.41 bits per heavy atom. The van der Waals surface area contributed by atoms with Crippen LogP contribution in [0.15, 0.2) is 15.4 Å². The largest absolute Gasteiger partial charge is 0.463 e. The first-order chi connectivity index (χ1) is 13.7. The van der Waals surface area contributed by atoms with Gasteiger partial charge in [-0.3, -0.25) is 14.4 Å². The van der Waals surface area contributed by atoms with Gasteiger partial charge in [-0.2, -0.15) is 4.98 Å². The van der Waals surface area contributed by atoms with Crippen LogP contribution in [0.3, 0.4) is 0 Å². The van der Waals surface area contributed by atoms with Crippen LogP contribution in [0.1, 0.15) is 27.0 Å². The monoisotopic (exact) mass is 410 g/mol. The van der Waals surface area contributed by atoms with Gasteiger partial charge in [0.05, 0.1) is 6.20 Å². The van der Waals surface area contributed by atoms with Crippen molar-refractivity contribution in [2.24, 2.45) is 0 Å². The van der Waals surface area contributed by atoms with E-state index < -0.39 is 48.2 Å². The Kier molecular flexibility index (Phi) is 5.50. The lowest BCUT2D eigenvalue weighted by atomic mass is 10.1. The number of aromatic nitrogens is 3. The van der Waals surface area contributed by atoms with Gasteiger partial charge in [-0.15, -0.1) is 0 Å². The molecule has 13 heteroatoms. The predicted octanol–water partition coefficient (Wildman–Crippen LogP) is -0.709. The zero-order chi connectivity index (χ0) is 21.3. The van der Waals surface area contributed by atoms with Crippen LogP contribution in [0.25, 0.3) is 11.2 Å². The fourth-order valence-corrected chi connectivity index (χ4v) is 2.97. The van der Waals surface area contributed by atoms with Crippen LogP contribution in [0.4, 0.5) is 5.95 Å². The van der Waals surface area contributed by atoms with Crippen molar-refractivity contribution >= 4 is 35.1 Å². The molecule has 1 aliphatic rings. The fraction of sp³-hybridized carbons (Fsp3) is 0.500. The van der Waals surface area contributed by atoms with Crippen molar-refractivity contribution in [3.8, 4) is 0 Å². The maximum absolute atomic E-state index is 12.4. The molecular weight excluding hydrogens is 392 g/mol. The van der Waals surface area contributed by atoms with Crippen LogP contribution < -0.4 is 11.5 Å². The lowest BCUT2D eigenvalue weighted by Gasteiger charge is -2.23. The number of esters is 3. The molecule has 13 nitrogen and oxygen atoms in total. The summed E-state index contributed by atoms with van der Waals surface area (Å²) < 4.78 is 27.3. The van der Waals surface area contributed by atoms with Gasteiger partial charge in [0.25, 0.3) is 0 Å². The van der Waals surface area contributed by atoms with E-state index in [0.717, 1.165) is 18.4 Å². The van der Waals surface area contributed by atoms with Crippen molar-refractivity contribution in [2.75, 3.05) is 12.3 Å². The average Bonchev–Trinajstić information content (AvgIpc) is 3.09. The molecule has 2 N–H and O–H groups in total. The molecule has 1 fully saturated rings. The number of carbonyl (C=O) groups excluding carboxylic acids is 3. The van der Waals surface area contributed by atoms with Crippen LogP contribution in [0.2, 0.25) is 0 Å². The molecule has 0 amide bonds. The molecule has 0 radical (unpaired) electrons. The molecule has 2 aromatic heterocycles. The van der Waals surface area contributed by atoms with Crippen LogP contribution in [0, 0.1) is 0 Å². The Labute approximate surface area is 162 Å². The minimum Gasteiger partial charge on any atom is -0.463 e. The minimum atomic E-state index is -1.30. The van der Waals surface area contributed by atoms with Gasteiger partial charge in [-0.25, -0.2) is 14.3 Å². The van der Waals surface area contributed by atoms with Gasteiger partial charge in [-0.05, 0) is 0 Å². The molecule has 29 heavy (non-hydrogen) atoms. The molecule has 0 spiro atoms. The number of nitrogen functional groups attached to an aromatic ring is 1. The molecule has 4 atom stereocenters. The normalized spacial score (nSPS) is 23.7. The van der Waals surface area contributed by atoms with Crippen molar-refractivity contribution in [1.82, 2.24) is 14.5 Å². The lowest BCUT2D eigenvalue weighted by molar-refractivity contribution is -0.166. The molecule has 1 saturated heterocycles. The number of carbonyl (C=O) groups is 3. The van der Waals surface area contributed by atoms with E-state index in [1.165, 1.54) is 13.1 Å². The summed E-state index contributed by atoms with van der Waals surface area (Å²) in [7, 11) is 0. The number of oxazole rings is 1. The summed E-state index contributed by atoms with van der Waals surface area (Å²) in [5.41, 5.74) is 5.59. The second kappa shape index (κ2) is 7.87. The quantitative estimate of drug-likeness (QED) is 0.485. The minimum absolute atomic E-state index is 0.0145. The van der Waals surface area contributed by atoms with E-state index >= 15 is 0 Å². The van der Waals surface area contributed by atoms with Crippen molar-refractivity contribution in [1.29, 1.82) is 0 Å². The summed E-state index contributed by atoms with van der Waals surface area (Å²) in [6.45, 7) is 3.15. The highest BCUT2D eigenvalue weighted by Gasteiger charge is 2.51. The second-order valence-corrected chi connectivity index (χ2v) is 6.17. The number of nitrogens with zero attached hydrogens (tertiary/aromatic N) is 3. The molecule has 156 valence electrons. The zero-order valence-corrected chi connectivity index (χ0v) is 15.7. The standard InChI is InChI=1S/C16H18N4O9/c1-6(21)25-5-10-11(26-7(2)22)12(27-8(3)23)14(28-10)20-13-9(29-16(20)24)4-18-15(17)19-13/h4,10-12,14H,5H2,1-3H3,(H2,17,18,19)/t10-,11-,12-,14-/m1/s1. The number of nitrogens with two attached hydrogens (primary N) is 1. The molecule has 0 aliphatic carbocycles. The Hall–Kier alpha value is -3.48. The van der Waals surface area contributed by atoms with E-state index in [1.807, 2.05) is 0 Å². The zero-order valence-electron chi connectivity index (χ0n) is 15.7. The van der Waals surface area contributed by atoms with E-state index in [1.54, 1.807) is 0 Å². The summed E-state index contributed by atoms with van der Waals surface area (Å²) in [5, 5.41) is 0. The Balaban J connectivity index is 2.08. The maximum atomic E-state index is 12.4. The molecule has 1 aliphatic heterocycles. The summed E-state index contributed by atoms with van der Waals surface area (Å²) >= 11 is 0. The molecule has 0 unspecified atom stereocenters. The number of anilines is 1. The molecular formula is C16H18N4O9. The molecule has 0 saturated carbocycles. The third-order valence-corrected chi connectivity index (χ3v) is 3.97. The Morgan fingerprint density at radius 2 is 1.79 bits per heavy atom. The third kappa shape index (κ3) is 4.18. The van der Waals surface area contributed by atoms with Crippen LogP contribution in [-0.4, -0.2) is 57.4 Å². The van der Waals surface area contributed by atoms with Gasteiger partial charge in [0, 0.05) is 20.8 Å². The highest BCUT2D eigenvalue weighted by molar-refractivity contribution is 5.69. The van der Waals surface area contributed by atoms with Crippen LogP contribution in [0.5, 0.6) is 0 Å². The molecule has 2 aromatic rings. The van der Waals surface area contributed by atoms with Crippen LogP contribution in [-0.2, 0) is 33.3 Å². The summed E-state index contributed by atoms with van der Waals surface area (Å²) in [6.07, 6.45) is -3.56. The summed E-state index contributed by atoms with van der Waals surface area (Å²) in [5.74, 6) is -3.04. The molecule has 0 aromatic carbocycles. The fourth-order valence-electron chi connectivity index (χ4n) is 2.97. The highest BCUT2D eigenvalue weighted by atomic mass is 16.7. The number of fused-ring (bicyclic) bond motifs is 1. The van der Waals surface area contributed by atoms with Gasteiger partial charge in [0.2, 0.25) is 5.95 Å². The topological polar surface area (TPSA) is 175 Å². The van der Waals surface area contributed by atoms with Gasteiger partial charge in [0.1, 0.15) is 12.7 Å². The average molecular weight is 410 g/mol. The number of hydrogen-bond acceptors (Lipinski definition) is 12. The van der Waals surface area contributed by atoms with E-state index in [-0.39, 0.29) is 23.8 Å². The van der Waals surface area contributed by atoms with Crippen molar-refractivity contribution in [3.05, 3.63) is 16.7 Å². The van der Waals surface area contributed by atoms with E-state index in [0.29, 0.717) is 0 Å². The van der Waals surface area contributed by atoms with E-state index in [2.05, 4.69) is 9.97 Å². The van der Waals surface area contributed by atoms with Crippen molar-refractivity contribution in [3.63, 3.8) is 0 Å². The maximum Gasteiger partial charge on any atom is 0.423 e. The van der Waals surface area contributed by atoms with Gasteiger partial charge >= 0.3 is 23.7 Å². The molecule has 3 heterocycles. The SMILES string of the molecule is CC(=O)OC[C@H]1O[C@@H](n2c(=O)oc3cnc(N)nc32)[C@H](OC(C)=O)[C@@H]1OC(C)=O. The number of hydrogen-bond donors (Lipinski definition) is 1. The summed E-state index contributed by atoms with van der Waals surface area (Å²) in [6, 6.07) is 0. The van der Waals surface area contributed by atoms with E-state index in [9.17, 15) is 19.2 Å². The third-order valence-electron chi connectivity index (χ3n) is 3.97.